The molecule has 2 aromatic carbocycles. The van der Waals surface area contributed by atoms with Crippen molar-refractivity contribution < 1.29 is 12.8 Å². The summed E-state index contributed by atoms with van der Waals surface area (Å²) in [5.74, 6) is -0.488. The minimum atomic E-state index is -3.65. The Balaban J connectivity index is 2.30. The third-order valence-corrected chi connectivity index (χ3v) is 3.53. The minimum Gasteiger partial charge on any atom is -0.280 e. The zero-order chi connectivity index (χ0) is 12.3. The molecular formula is C12H10FNO2S. The first-order valence-electron chi connectivity index (χ1n) is 4.91. The molecule has 2 aromatic rings. The van der Waals surface area contributed by atoms with Gasteiger partial charge < -0.3 is 0 Å². The van der Waals surface area contributed by atoms with Gasteiger partial charge in [-0.05, 0) is 30.3 Å². The smallest absolute Gasteiger partial charge is 0.261 e. The largest absolute Gasteiger partial charge is 0.280 e. The molecule has 0 aliphatic heterocycles. The van der Waals surface area contributed by atoms with E-state index in [4.69, 9.17) is 0 Å². The lowest BCUT2D eigenvalue weighted by Crippen LogP contribution is -2.12. The second-order valence-corrected chi connectivity index (χ2v) is 5.11. The Morgan fingerprint density at radius 2 is 1.65 bits per heavy atom. The fourth-order valence-electron chi connectivity index (χ4n) is 1.37. The summed E-state index contributed by atoms with van der Waals surface area (Å²) in [5, 5.41) is 0. The van der Waals surface area contributed by atoms with Crippen LogP contribution in [-0.2, 0) is 10.0 Å². The number of benzene rings is 2. The highest BCUT2D eigenvalue weighted by molar-refractivity contribution is 7.92. The van der Waals surface area contributed by atoms with Crippen LogP contribution in [0, 0.1) is 5.82 Å². The maximum absolute atomic E-state index is 12.9. The Labute approximate surface area is 99.0 Å². The molecule has 3 nitrogen and oxygen atoms in total. The van der Waals surface area contributed by atoms with Gasteiger partial charge in [0, 0.05) is 0 Å². The summed E-state index contributed by atoms with van der Waals surface area (Å²) in [4.78, 5) is 0.143. The third-order valence-electron chi connectivity index (χ3n) is 2.13. The molecule has 0 atom stereocenters. The van der Waals surface area contributed by atoms with Crippen LogP contribution >= 0.6 is 0 Å². The Hall–Kier alpha value is -1.88. The van der Waals surface area contributed by atoms with Gasteiger partial charge in [0.15, 0.2) is 0 Å². The van der Waals surface area contributed by atoms with Crippen molar-refractivity contribution in [2.75, 3.05) is 4.72 Å². The van der Waals surface area contributed by atoms with Gasteiger partial charge in [0.25, 0.3) is 10.0 Å². The fourth-order valence-corrected chi connectivity index (χ4v) is 2.44. The summed E-state index contributed by atoms with van der Waals surface area (Å²) in [5.41, 5.74) is 0.203. The molecule has 0 bridgehead atoms. The zero-order valence-electron chi connectivity index (χ0n) is 8.80. The quantitative estimate of drug-likeness (QED) is 0.911. The average molecular weight is 251 g/mol. The topological polar surface area (TPSA) is 46.2 Å². The standard InChI is InChI=1S/C12H10FNO2S/c13-10-5-4-6-11(9-10)14-17(15,16)12-7-2-1-3-8-12/h1-9,14H. The second kappa shape index (κ2) is 4.55. The van der Waals surface area contributed by atoms with Gasteiger partial charge >= 0.3 is 0 Å². The number of hydrogen-bond acceptors (Lipinski definition) is 2. The normalized spacial score (nSPS) is 11.1. The van der Waals surface area contributed by atoms with Crippen molar-refractivity contribution in [2.45, 2.75) is 4.90 Å². The first-order valence-corrected chi connectivity index (χ1v) is 6.40. The second-order valence-electron chi connectivity index (χ2n) is 3.43. The number of halogens is 1. The lowest BCUT2D eigenvalue weighted by molar-refractivity contribution is 0.601. The molecule has 1 N–H and O–H groups in total. The van der Waals surface area contributed by atoms with Gasteiger partial charge in [0.1, 0.15) is 5.82 Å². The van der Waals surface area contributed by atoms with Crippen LogP contribution in [0.4, 0.5) is 10.1 Å². The monoisotopic (exact) mass is 251 g/mol. The molecule has 0 heterocycles. The summed E-state index contributed by atoms with van der Waals surface area (Å²) < 4.78 is 39.0. The van der Waals surface area contributed by atoms with Gasteiger partial charge in [-0.1, -0.05) is 24.3 Å². The number of sulfonamides is 1. The maximum Gasteiger partial charge on any atom is 0.261 e. The van der Waals surface area contributed by atoms with E-state index in [1.807, 2.05) is 0 Å². The van der Waals surface area contributed by atoms with E-state index in [0.717, 1.165) is 6.07 Å². The Kier molecular flexibility index (Phi) is 3.10. The highest BCUT2D eigenvalue weighted by atomic mass is 32.2. The summed E-state index contributed by atoms with van der Waals surface area (Å²) >= 11 is 0. The molecule has 0 amide bonds. The zero-order valence-corrected chi connectivity index (χ0v) is 9.62. The van der Waals surface area contributed by atoms with Crippen molar-refractivity contribution >= 4 is 15.7 Å². The van der Waals surface area contributed by atoms with Crippen LogP contribution in [0.25, 0.3) is 0 Å². The van der Waals surface area contributed by atoms with Gasteiger partial charge in [0.2, 0.25) is 0 Å². The minimum absolute atomic E-state index is 0.143. The molecule has 0 radical (unpaired) electrons. The summed E-state index contributed by atoms with van der Waals surface area (Å²) in [6, 6.07) is 13.2. The van der Waals surface area contributed by atoms with Gasteiger partial charge in [-0.3, -0.25) is 4.72 Å². The number of hydrogen-bond donors (Lipinski definition) is 1. The molecule has 0 aliphatic rings. The van der Waals surface area contributed by atoms with Crippen molar-refractivity contribution in [3.05, 3.63) is 60.4 Å². The van der Waals surface area contributed by atoms with E-state index in [-0.39, 0.29) is 10.6 Å². The molecule has 17 heavy (non-hydrogen) atoms. The van der Waals surface area contributed by atoms with Crippen molar-refractivity contribution in [3.8, 4) is 0 Å². The third kappa shape index (κ3) is 2.82. The Morgan fingerprint density at radius 1 is 0.941 bits per heavy atom. The summed E-state index contributed by atoms with van der Waals surface area (Å²) in [7, 11) is -3.65. The molecule has 88 valence electrons. The summed E-state index contributed by atoms with van der Waals surface area (Å²) in [6.45, 7) is 0. The highest BCUT2D eigenvalue weighted by Gasteiger charge is 2.13. The van der Waals surface area contributed by atoms with Crippen LogP contribution in [0.15, 0.2) is 59.5 Å². The lowest BCUT2D eigenvalue weighted by atomic mass is 10.3. The van der Waals surface area contributed by atoms with Crippen LogP contribution in [0.3, 0.4) is 0 Å². The van der Waals surface area contributed by atoms with Crippen LogP contribution in [0.5, 0.6) is 0 Å². The van der Waals surface area contributed by atoms with E-state index in [0.29, 0.717) is 0 Å². The molecule has 2 rings (SSSR count). The molecule has 0 aromatic heterocycles. The first kappa shape index (κ1) is 11.6. The SMILES string of the molecule is O=S(=O)(Nc1cccc(F)c1)c1ccccc1. The van der Waals surface area contributed by atoms with Gasteiger partial charge in [-0.2, -0.15) is 0 Å². The van der Waals surface area contributed by atoms with E-state index >= 15 is 0 Å². The van der Waals surface area contributed by atoms with Crippen LogP contribution in [-0.4, -0.2) is 8.42 Å². The first-order chi connectivity index (χ1) is 8.08. The van der Waals surface area contributed by atoms with Crippen LogP contribution in [0.1, 0.15) is 0 Å². The lowest BCUT2D eigenvalue weighted by Gasteiger charge is -2.07. The molecule has 0 unspecified atom stereocenters. The summed E-state index contributed by atoms with van der Waals surface area (Å²) in [6.07, 6.45) is 0. The van der Waals surface area contributed by atoms with Gasteiger partial charge in [-0.25, -0.2) is 12.8 Å². The highest BCUT2D eigenvalue weighted by Crippen LogP contribution is 2.16. The number of nitrogens with one attached hydrogen (secondary N) is 1. The fraction of sp³-hybridized carbons (Fsp3) is 0. The van der Waals surface area contributed by atoms with Crippen molar-refractivity contribution in [1.82, 2.24) is 0 Å². The van der Waals surface area contributed by atoms with Gasteiger partial charge in [0.05, 0.1) is 10.6 Å². The van der Waals surface area contributed by atoms with Crippen molar-refractivity contribution in [2.24, 2.45) is 0 Å². The van der Waals surface area contributed by atoms with E-state index in [1.165, 1.54) is 30.3 Å². The van der Waals surface area contributed by atoms with E-state index in [9.17, 15) is 12.8 Å². The van der Waals surface area contributed by atoms with E-state index in [1.54, 1.807) is 18.2 Å². The molecule has 0 fully saturated rings. The molecule has 5 heteroatoms. The van der Waals surface area contributed by atoms with Crippen molar-refractivity contribution in [3.63, 3.8) is 0 Å². The molecule has 0 saturated carbocycles. The predicted molar refractivity (Wildman–Crippen MR) is 63.7 cm³/mol. The van der Waals surface area contributed by atoms with Gasteiger partial charge in [-0.15, -0.1) is 0 Å². The molecule has 0 saturated heterocycles. The van der Waals surface area contributed by atoms with Crippen LogP contribution < -0.4 is 4.72 Å². The Morgan fingerprint density at radius 3 is 2.29 bits per heavy atom. The predicted octanol–water partition coefficient (Wildman–Crippen LogP) is 2.63. The van der Waals surface area contributed by atoms with Crippen LogP contribution in [0.2, 0.25) is 0 Å². The molecule has 0 aliphatic carbocycles. The maximum atomic E-state index is 12.9. The van der Waals surface area contributed by atoms with E-state index < -0.39 is 15.8 Å². The number of rotatable bonds is 3. The van der Waals surface area contributed by atoms with E-state index in [2.05, 4.69) is 4.72 Å². The van der Waals surface area contributed by atoms with Crippen molar-refractivity contribution in [1.29, 1.82) is 0 Å². The number of anilines is 1. The Bertz CT molecular complexity index is 611. The molecule has 0 spiro atoms. The molecular weight excluding hydrogens is 241 g/mol. The average Bonchev–Trinajstić information content (AvgIpc) is 2.29.